The third-order valence-corrected chi connectivity index (χ3v) is 3.27. The molecule has 1 heterocycles. The lowest BCUT2D eigenvalue weighted by molar-refractivity contribution is -0.139. The Morgan fingerprint density at radius 1 is 1.30 bits per heavy atom. The van der Waals surface area contributed by atoms with E-state index in [9.17, 15) is 14.0 Å². The van der Waals surface area contributed by atoms with Crippen LogP contribution >= 0.6 is 0 Å². The van der Waals surface area contributed by atoms with Crippen LogP contribution in [0.15, 0.2) is 24.3 Å². The van der Waals surface area contributed by atoms with Gasteiger partial charge in [-0.3, -0.25) is 14.5 Å². The lowest BCUT2D eigenvalue weighted by atomic mass is 9.96. The normalized spacial score (nSPS) is 15.7. The average Bonchev–Trinajstić information content (AvgIpc) is 2.35. The molecule has 0 spiro atoms. The molecule has 1 fully saturated rings. The fourth-order valence-electron chi connectivity index (χ4n) is 2.24. The molecular weight excluding hydrogens is 263 g/mol. The lowest BCUT2D eigenvalue weighted by Crippen LogP contribution is -2.51. The number of aliphatic carboxylic acids is 1. The summed E-state index contributed by atoms with van der Waals surface area (Å²) in [6.07, 6.45) is 0.160. The molecule has 0 bridgehead atoms. The summed E-state index contributed by atoms with van der Waals surface area (Å²) in [5, 5.41) is 11.4. The van der Waals surface area contributed by atoms with Crippen LogP contribution in [-0.4, -0.2) is 41.5 Å². The van der Waals surface area contributed by atoms with E-state index in [0.29, 0.717) is 19.6 Å². The number of carboxylic acids is 1. The van der Waals surface area contributed by atoms with E-state index in [4.69, 9.17) is 5.11 Å². The van der Waals surface area contributed by atoms with Crippen molar-refractivity contribution in [1.82, 2.24) is 10.2 Å². The molecule has 2 N–H and O–H groups in total. The van der Waals surface area contributed by atoms with Crippen molar-refractivity contribution < 1.29 is 19.1 Å². The zero-order valence-corrected chi connectivity index (χ0v) is 11.0. The first-order chi connectivity index (χ1) is 9.52. The summed E-state index contributed by atoms with van der Waals surface area (Å²) in [5.74, 6) is -1.05. The Hall–Kier alpha value is -1.95. The summed E-state index contributed by atoms with van der Waals surface area (Å²) in [5.41, 5.74) is 0.840. The van der Waals surface area contributed by atoms with Gasteiger partial charge in [-0.25, -0.2) is 4.39 Å². The monoisotopic (exact) mass is 280 g/mol. The van der Waals surface area contributed by atoms with Crippen LogP contribution in [0, 0.1) is 11.7 Å². The number of likely N-dealkylation sites (tertiary alicyclic amines) is 1. The minimum Gasteiger partial charge on any atom is -0.481 e. The SMILES string of the molecule is O=C(O)CC1CN(CC(=O)NCc2ccc(F)cc2)C1. The van der Waals surface area contributed by atoms with Crippen molar-refractivity contribution in [2.75, 3.05) is 19.6 Å². The molecule has 6 heteroatoms. The highest BCUT2D eigenvalue weighted by Crippen LogP contribution is 2.18. The zero-order chi connectivity index (χ0) is 14.5. The Balaban J connectivity index is 1.64. The third-order valence-electron chi connectivity index (χ3n) is 3.27. The van der Waals surface area contributed by atoms with Crippen LogP contribution in [0.25, 0.3) is 0 Å². The van der Waals surface area contributed by atoms with Crippen LogP contribution in [0.1, 0.15) is 12.0 Å². The van der Waals surface area contributed by atoms with Gasteiger partial charge in [-0.1, -0.05) is 12.1 Å². The Bertz CT molecular complexity index is 484. The quantitative estimate of drug-likeness (QED) is 0.810. The summed E-state index contributed by atoms with van der Waals surface area (Å²) in [6, 6.07) is 5.96. The van der Waals surface area contributed by atoms with Crippen molar-refractivity contribution in [3.8, 4) is 0 Å². The van der Waals surface area contributed by atoms with Crippen LogP contribution in [0.4, 0.5) is 4.39 Å². The summed E-state index contributed by atoms with van der Waals surface area (Å²) < 4.78 is 12.7. The number of rotatable bonds is 6. The minimum absolute atomic E-state index is 0.108. The van der Waals surface area contributed by atoms with E-state index in [1.807, 2.05) is 4.90 Å². The van der Waals surface area contributed by atoms with Gasteiger partial charge in [0.15, 0.2) is 0 Å². The topological polar surface area (TPSA) is 69.6 Å². The first-order valence-corrected chi connectivity index (χ1v) is 6.48. The van der Waals surface area contributed by atoms with E-state index in [0.717, 1.165) is 5.56 Å². The molecule has 0 unspecified atom stereocenters. The Labute approximate surface area is 116 Å². The fourth-order valence-corrected chi connectivity index (χ4v) is 2.24. The second-order valence-corrected chi connectivity index (χ2v) is 5.06. The van der Waals surface area contributed by atoms with Gasteiger partial charge in [-0.05, 0) is 23.6 Å². The van der Waals surface area contributed by atoms with Crippen molar-refractivity contribution in [3.05, 3.63) is 35.6 Å². The molecule has 20 heavy (non-hydrogen) atoms. The van der Waals surface area contributed by atoms with Crippen molar-refractivity contribution in [2.24, 2.45) is 5.92 Å². The van der Waals surface area contributed by atoms with Gasteiger partial charge < -0.3 is 10.4 Å². The van der Waals surface area contributed by atoms with Crippen LogP contribution < -0.4 is 5.32 Å². The van der Waals surface area contributed by atoms with Crippen LogP contribution in [0.3, 0.4) is 0 Å². The number of carbonyl (C=O) groups excluding carboxylic acids is 1. The number of amides is 1. The number of hydrogen-bond donors (Lipinski definition) is 2. The molecule has 5 nitrogen and oxygen atoms in total. The van der Waals surface area contributed by atoms with Crippen LogP contribution in [0.5, 0.6) is 0 Å². The third kappa shape index (κ3) is 4.31. The molecule has 1 aliphatic rings. The summed E-state index contributed by atoms with van der Waals surface area (Å²) in [7, 11) is 0. The molecule has 1 aromatic carbocycles. The van der Waals surface area contributed by atoms with E-state index in [-0.39, 0.29) is 30.6 Å². The Morgan fingerprint density at radius 3 is 2.55 bits per heavy atom. The highest BCUT2D eigenvalue weighted by Gasteiger charge is 2.29. The van der Waals surface area contributed by atoms with E-state index in [2.05, 4.69) is 5.32 Å². The molecule has 0 aliphatic carbocycles. The standard InChI is InChI=1S/C14H17FN2O3/c15-12-3-1-10(2-4-12)6-16-13(18)9-17-7-11(8-17)5-14(19)20/h1-4,11H,5-9H2,(H,16,18)(H,19,20). The highest BCUT2D eigenvalue weighted by atomic mass is 19.1. The second kappa shape index (κ2) is 6.47. The minimum atomic E-state index is -0.796. The Morgan fingerprint density at radius 2 is 1.95 bits per heavy atom. The molecule has 1 saturated heterocycles. The summed E-state index contributed by atoms with van der Waals surface area (Å²) in [6.45, 7) is 1.94. The molecule has 1 amide bonds. The van der Waals surface area contributed by atoms with E-state index in [1.54, 1.807) is 12.1 Å². The maximum Gasteiger partial charge on any atom is 0.303 e. The van der Waals surface area contributed by atoms with Crippen LogP contribution in [0.2, 0.25) is 0 Å². The molecule has 0 atom stereocenters. The van der Waals surface area contributed by atoms with E-state index in [1.165, 1.54) is 12.1 Å². The van der Waals surface area contributed by atoms with Crippen molar-refractivity contribution in [2.45, 2.75) is 13.0 Å². The first-order valence-electron chi connectivity index (χ1n) is 6.48. The molecule has 108 valence electrons. The van der Waals surface area contributed by atoms with Gasteiger partial charge in [0.25, 0.3) is 0 Å². The smallest absolute Gasteiger partial charge is 0.303 e. The van der Waals surface area contributed by atoms with Gasteiger partial charge in [0.05, 0.1) is 13.0 Å². The molecule has 1 aliphatic heterocycles. The lowest BCUT2D eigenvalue weighted by Gasteiger charge is -2.37. The zero-order valence-electron chi connectivity index (χ0n) is 11.0. The molecule has 2 rings (SSSR count). The van der Waals surface area contributed by atoms with Crippen molar-refractivity contribution in [1.29, 1.82) is 0 Å². The van der Waals surface area contributed by atoms with Crippen molar-refractivity contribution in [3.63, 3.8) is 0 Å². The Kier molecular flexibility index (Phi) is 4.68. The second-order valence-electron chi connectivity index (χ2n) is 5.06. The number of hydrogen-bond acceptors (Lipinski definition) is 3. The molecule has 0 saturated carbocycles. The molecule has 0 aromatic heterocycles. The predicted octanol–water partition coefficient (Wildman–Crippen LogP) is 0.848. The maximum absolute atomic E-state index is 12.7. The summed E-state index contributed by atoms with van der Waals surface area (Å²) >= 11 is 0. The molecule has 0 radical (unpaired) electrons. The largest absolute Gasteiger partial charge is 0.481 e. The van der Waals surface area contributed by atoms with E-state index < -0.39 is 5.97 Å². The van der Waals surface area contributed by atoms with Crippen LogP contribution in [-0.2, 0) is 16.1 Å². The maximum atomic E-state index is 12.7. The average molecular weight is 280 g/mol. The number of carboxylic acid groups (broad SMARTS) is 1. The number of halogens is 1. The first kappa shape index (κ1) is 14.5. The molecule has 1 aromatic rings. The molecular formula is C14H17FN2O3. The van der Waals surface area contributed by atoms with Gasteiger partial charge in [-0.2, -0.15) is 0 Å². The van der Waals surface area contributed by atoms with Gasteiger partial charge >= 0.3 is 5.97 Å². The van der Waals surface area contributed by atoms with Gasteiger partial charge in [-0.15, -0.1) is 0 Å². The predicted molar refractivity (Wildman–Crippen MR) is 70.4 cm³/mol. The fraction of sp³-hybridized carbons (Fsp3) is 0.429. The summed E-state index contributed by atoms with van der Waals surface area (Å²) in [4.78, 5) is 24.1. The van der Waals surface area contributed by atoms with Gasteiger partial charge in [0, 0.05) is 19.6 Å². The number of benzene rings is 1. The van der Waals surface area contributed by atoms with E-state index >= 15 is 0 Å². The number of nitrogens with zero attached hydrogens (tertiary/aromatic N) is 1. The van der Waals surface area contributed by atoms with Gasteiger partial charge in [0.2, 0.25) is 5.91 Å². The highest BCUT2D eigenvalue weighted by molar-refractivity contribution is 5.78. The number of nitrogens with one attached hydrogen (secondary N) is 1. The van der Waals surface area contributed by atoms with Crippen molar-refractivity contribution >= 4 is 11.9 Å². The number of carbonyl (C=O) groups is 2. The van der Waals surface area contributed by atoms with Gasteiger partial charge in [0.1, 0.15) is 5.82 Å².